The second-order valence-electron chi connectivity index (χ2n) is 8.57. The van der Waals surface area contributed by atoms with Gasteiger partial charge >= 0.3 is 0 Å². The van der Waals surface area contributed by atoms with E-state index in [2.05, 4.69) is 26.1 Å². The molecule has 0 aliphatic rings. The first-order valence-corrected chi connectivity index (χ1v) is 11.0. The van der Waals surface area contributed by atoms with E-state index in [0.29, 0.717) is 17.1 Å². The molecule has 0 spiro atoms. The summed E-state index contributed by atoms with van der Waals surface area (Å²) in [5.74, 6) is -0.313. The number of sulfonamides is 1. The van der Waals surface area contributed by atoms with Crippen molar-refractivity contribution in [2.24, 2.45) is 5.41 Å². The molecule has 0 fully saturated rings. The van der Waals surface area contributed by atoms with Gasteiger partial charge in [-0.1, -0.05) is 45.4 Å². The Hall–Kier alpha value is -1.27. The molecule has 0 bridgehead atoms. The van der Waals surface area contributed by atoms with Crippen molar-refractivity contribution >= 4 is 33.2 Å². The molecule has 7 heteroatoms. The Morgan fingerprint density at radius 1 is 1.23 bits per heavy atom. The first-order chi connectivity index (χ1) is 11.7. The summed E-state index contributed by atoms with van der Waals surface area (Å²) in [7, 11) is -3.67. The van der Waals surface area contributed by atoms with Crippen LogP contribution in [0.25, 0.3) is 0 Å². The maximum absolute atomic E-state index is 13.0. The summed E-state index contributed by atoms with van der Waals surface area (Å²) < 4.78 is 26.0. The van der Waals surface area contributed by atoms with E-state index in [1.54, 1.807) is 31.2 Å². The number of nitrogens with one attached hydrogen (secondary N) is 1. The summed E-state index contributed by atoms with van der Waals surface area (Å²) in [6.45, 7) is 12.0. The highest BCUT2D eigenvalue weighted by Crippen LogP contribution is 2.29. The number of rotatable bonds is 7. The molecule has 0 aliphatic carbocycles. The van der Waals surface area contributed by atoms with E-state index >= 15 is 0 Å². The van der Waals surface area contributed by atoms with Crippen LogP contribution in [0.4, 0.5) is 5.69 Å². The minimum absolute atomic E-state index is 0.0297. The van der Waals surface area contributed by atoms with Gasteiger partial charge in [0, 0.05) is 10.6 Å². The third-order valence-corrected chi connectivity index (χ3v) is 5.24. The first kappa shape index (κ1) is 22.8. The van der Waals surface area contributed by atoms with Gasteiger partial charge < -0.3 is 5.32 Å². The Morgan fingerprint density at radius 2 is 1.81 bits per heavy atom. The molecule has 0 aromatic heterocycles. The summed E-state index contributed by atoms with van der Waals surface area (Å²) >= 11 is 6.02. The standard InChI is InChI=1S/C19H31ClN2O3S/c1-8-16(17(23)21-19(5,6)13-18(2,3)4)22(26(7,24)25)15-11-9-10-14(20)12-15/h9-12,16H,8,13H2,1-7H3,(H,21,23)/t16-/m0/s1. The van der Waals surface area contributed by atoms with E-state index in [1.165, 1.54) is 0 Å². The predicted octanol–water partition coefficient (Wildman–Crippen LogP) is 4.22. The molecule has 1 N–H and O–H groups in total. The summed E-state index contributed by atoms with van der Waals surface area (Å²) in [6, 6.07) is 5.69. The lowest BCUT2D eigenvalue weighted by molar-refractivity contribution is -0.124. The molecule has 0 aliphatic heterocycles. The highest BCUT2D eigenvalue weighted by atomic mass is 35.5. The lowest BCUT2D eigenvalue weighted by Gasteiger charge is -2.37. The zero-order valence-electron chi connectivity index (χ0n) is 16.8. The normalized spacial score (nSPS) is 14.0. The summed E-state index contributed by atoms with van der Waals surface area (Å²) in [6.07, 6.45) is 2.21. The van der Waals surface area contributed by atoms with E-state index in [-0.39, 0.29) is 11.3 Å². The number of carbonyl (C=O) groups is 1. The average molecular weight is 403 g/mol. The van der Waals surface area contributed by atoms with Crippen molar-refractivity contribution in [3.8, 4) is 0 Å². The average Bonchev–Trinajstić information content (AvgIpc) is 2.39. The Balaban J connectivity index is 3.21. The fourth-order valence-electron chi connectivity index (χ4n) is 3.46. The van der Waals surface area contributed by atoms with Gasteiger partial charge in [-0.15, -0.1) is 0 Å². The Bertz CT molecular complexity index is 739. The molecule has 1 aromatic rings. The van der Waals surface area contributed by atoms with Gasteiger partial charge in [0.1, 0.15) is 6.04 Å². The summed E-state index contributed by atoms with van der Waals surface area (Å²) in [5, 5.41) is 3.44. The van der Waals surface area contributed by atoms with Gasteiger partial charge in [0.05, 0.1) is 11.9 Å². The van der Waals surface area contributed by atoms with Gasteiger partial charge in [-0.25, -0.2) is 8.42 Å². The summed E-state index contributed by atoms with van der Waals surface area (Å²) in [5.41, 5.74) is -0.0435. The van der Waals surface area contributed by atoms with Gasteiger partial charge in [-0.05, 0) is 50.3 Å². The molecule has 0 unspecified atom stereocenters. The minimum atomic E-state index is -3.67. The van der Waals surface area contributed by atoms with Crippen LogP contribution in [0.3, 0.4) is 0 Å². The van der Waals surface area contributed by atoms with Crippen LogP contribution in [0.5, 0.6) is 0 Å². The van der Waals surface area contributed by atoms with Gasteiger partial charge in [-0.3, -0.25) is 9.10 Å². The van der Waals surface area contributed by atoms with E-state index in [1.807, 2.05) is 13.8 Å². The first-order valence-electron chi connectivity index (χ1n) is 8.73. The zero-order valence-corrected chi connectivity index (χ0v) is 18.3. The summed E-state index contributed by atoms with van der Waals surface area (Å²) in [4.78, 5) is 13.0. The van der Waals surface area contributed by atoms with Crippen LogP contribution in [0.1, 0.15) is 54.4 Å². The molecule has 26 heavy (non-hydrogen) atoms. The number of amides is 1. The van der Waals surface area contributed by atoms with Gasteiger partial charge in [0.15, 0.2) is 0 Å². The molecular weight excluding hydrogens is 372 g/mol. The van der Waals surface area contributed by atoms with Gasteiger partial charge in [0.25, 0.3) is 0 Å². The number of carbonyl (C=O) groups excluding carboxylic acids is 1. The van der Waals surface area contributed by atoms with Crippen molar-refractivity contribution in [1.82, 2.24) is 5.32 Å². The zero-order chi connectivity index (χ0) is 20.3. The number of halogens is 1. The molecule has 1 rings (SSSR count). The molecule has 0 saturated carbocycles. The smallest absolute Gasteiger partial charge is 0.244 e. The number of anilines is 1. The van der Waals surface area contributed by atoms with E-state index in [9.17, 15) is 13.2 Å². The van der Waals surface area contributed by atoms with Crippen molar-refractivity contribution in [1.29, 1.82) is 0 Å². The van der Waals surface area contributed by atoms with E-state index in [0.717, 1.165) is 17.0 Å². The second-order valence-corrected chi connectivity index (χ2v) is 10.9. The van der Waals surface area contributed by atoms with Gasteiger partial charge in [0.2, 0.25) is 15.9 Å². The van der Waals surface area contributed by atoms with Crippen LogP contribution in [0, 0.1) is 5.41 Å². The molecule has 5 nitrogen and oxygen atoms in total. The largest absolute Gasteiger partial charge is 0.349 e. The lowest BCUT2D eigenvalue weighted by atomic mass is 9.81. The molecule has 148 valence electrons. The fourth-order valence-corrected chi connectivity index (χ4v) is 4.85. The molecule has 1 amide bonds. The predicted molar refractivity (Wildman–Crippen MR) is 109 cm³/mol. The Morgan fingerprint density at radius 3 is 2.23 bits per heavy atom. The van der Waals surface area contributed by atoms with Crippen LogP contribution in [0.2, 0.25) is 5.02 Å². The van der Waals surface area contributed by atoms with Crippen LogP contribution in [-0.4, -0.2) is 32.2 Å². The van der Waals surface area contributed by atoms with Crippen molar-refractivity contribution in [2.75, 3.05) is 10.6 Å². The van der Waals surface area contributed by atoms with Crippen LogP contribution in [0.15, 0.2) is 24.3 Å². The van der Waals surface area contributed by atoms with E-state index in [4.69, 9.17) is 11.6 Å². The minimum Gasteiger partial charge on any atom is -0.349 e. The highest BCUT2D eigenvalue weighted by molar-refractivity contribution is 7.92. The topological polar surface area (TPSA) is 66.5 Å². The number of hydrogen-bond donors (Lipinski definition) is 1. The molecular formula is C19H31ClN2O3S. The number of nitrogens with zero attached hydrogens (tertiary/aromatic N) is 1. The van der Waals surface area contributed by atoms with Crippen molar-refractivity contribution in [3.05, 3.63) is 29.3 Å². The lowest BCUT2D eigenvalue weighted by Crippen LogP contribution is -2.55. The molecule has 0 saturated heterocycles. The maximum Gasteiger partial charge on any atom is 0.244 e. The second kappa shape index (κ2) is 8.17. The van der Waals surface area contributed by atoms with Crippen molar-refractivity contribution in [2.45, 2.75) is 66.0 Å². The van der Waals surface area contributed by atoms with Crippen LogP contribution < -0.4 is 9.62 Å². The molecule has 0 radical (unpaired) electrons. The molecule has 0 heterocycles. The maximum atomic E-state index is 13.0. The Labute approximate surface area is 163 Å². The van der Waals surface area contributed by atoms with Crippen molar-refractivity contribution in [3.63, 3.8) is 0 Å². The molecule has 1 atom stereocenters. The van der Waals surface area contributed by atoms with Crippen molar-refractivity contribution < 1.29 is 13.2 Å². The SMILES string of the molecule is CC[C@@H](C(=O)NC(C)(C)CC(C)(C)C)N(c1cccc(Cl)c1)S(C)(=O)=O. The van der Waals surface area contributed by atoms with Gasteiger partial charge in [-0.2, -0.15) is 0 Å². The number of benzene rings is 1. The van der Waals surface area contributed by atoms with Crippen LogP contribution >= 0.6 is 11.6 Å². The highest BCUT2D eigenvalue weighted by Gasteiger charge is 2.35. The fraction of sp³-hybridized carbons (Fsp3) is 0.632. The quantitative estimate of drug-likeness (QED) is 0.742. The third kappa shape index (κ3) is 6.80. The third-order valence-electron chi connectivity index (χ3n) is 3.83. The number of hydrogen-bond acceptors (Lipinski definition) is 3. The Kier molecular flexibility index (Phi) is 7.16. The molecule has 1 aromatic carbocycles. The van der Waals surface area contributed by atoms with E-state index < -0.39 is 21.6 Å². The van der Waals surface area contributed by atoms with Crippen LogP contribution in [-0.2, 0) is 14.8 Å². The monoisotopic (exact) mass is 402 g/mol.